The van der Waals surface area contributed by atoms with Crippen molar-refractivity contribution in [1.29, 1.82) is 0 Å². The molecular weight excluding hydrogens is 328 g/mol. The Kier molecular flexibility index (Phi) is 5.56. The molecule has 0 aliphatic rings. The Hall–Kier alpha value is -2.96. The summed E-state index contributed by atoms with van der Waals surface area (Å²) in [5, 5.41) is 0. The molecule has 0 heterocycles. The molecule has 0 saturated heterocycles. The molecule has 0 unspecified atom stereocenters. The number of terminal acetylenes is 1. The zero-order chi connectivity index (χ0) is 17.5. The fourth-order valence-corrected chi connectivity index (χ4v) is 4.52. The molecule has 0 aliphatic carbocycles. The topological polar surface area (TPSA) is 26.3 Å². The standard InChI is InChI=1S/C22H17O2S/c1-2-17-24-22(23)18-13-15-21(16-14-18)25(19-9-5-3-6-10-19)20-11-7-4-8-12-20/h1,3-16H,17H2/q+1. The van der Waals surface area contributed by atoms with Crippen LogP contribution in [0.3, 0.4) is 0 Å². The van der Waals surface area contributed by atoms with Crippen LogP contribution in [0.25, 0.3) is 0 Å². The average molecular weight is 345 g/mol. The minimum atomic E-state index is -0.399. The molecule has 0 saturated carbocycles. The number of hydrogen-bond acceptors (Lipinski definition) is 2. The molecule has 0 radical (unpaired) electrons. The summed E-state index contributed by atoms with van der Waals surface area (Å²) >= 11 is 0. The minimum Gasteiger partial charge on any atom is -0.449 e. The Morgan fingerprint density at radius 2 is 1.28 bits per heavy atom. The SMILES string of the molecule is C#CCOC(=O)c1ccc([S+](c2ccccc2)c2ccccc2)cc1. The van der Waals surface area contributed by atoms with Crippen molar-refractivity contribution in [2.45, 2.75) is 14.7 Å². The van der Waals surface area contributed by atoms with Gasteiger partial charge in [-0.15, -0.1) is 6.42 Å². The van der Waals surface area contributed by atoms with Gasteiger partial charge in [0, 0.05) is 0 Å². The van der Waals surface area contributed by atoms with Crippen molar-refractivity contribution in [3.63, 3.8) is 0 Å². The van der Waals surface area contributed by atoms with Crippen LogP contribution in [-0.4, -0.2) is 12.6 Å². The molecule has 3 aromatic carbocycles. The molecule has 0 bridgehead atoms. The predicted molar refractivity (Wildman–Crippen MR) is 101 cm³/mol. The van der Waals surface area contributed by atoms with Crippen LogP contribution in [0.4, 0.5) is 0 Å². The Morgan fingerprint density at radius 1 is 0.800 bits per heavy atom. The molecule has 122 valence electrons. The van der Waals surface area contributed by atoms with Gasteiger partial charge in [-0.1, -0.05) is 42.3 Å². The monoisotopic (exact) mass is 345 g/mol. The summed E-state index contributed by atoms with van der Waals surface area (Å²) in [6.45, 7) is -0.0149. The number of rotatable bonds is 5. The smallest absolute Gasteiger partial charge is 0.339 e. The first-order valence-corrected chi connectivity index (χ1v) is 9.07. The van der Waals surface area contributed by atoms with Gasteiger partial charge in [0.1, 0.15) is 0 Å². The van der Waals surface area contributed by atoms with Crippen molar-refractivity contribution < 1.29 is 9.53 Å². The van der Waals surface area contributed by atoms with E-state index in [2.05, 4.69) is 30.2 Å². The van der Waals surface area contributed by atoms with E-state index >= 15 is 0 Å². The fraction of sp³-hybridized carbons (Fsp3) is 0.0455. The molecule has 0 amide bonds. The van der Waals surface area contributed by atoms with E-state index in [1.54, 1.807) is 12.1 Å². The summed E-state index contributed by atoms with van der Waals surface area (Å²) in [7, 11) is -0.226. The van der Waals surface area contributed by atoms with E-state index in [0.29, 0.717) is 5.56 Å². The second-order valence-corrected chi connectivity index (χ2v) is 7.26. The van der Waals surface area contributed by atoms with E-state index in [4.69, 9.17) is 11.2 Å². The molecule has 0 N–H and O–H groups in total. The molecule has 0 fully saturated rings. The van der Waals surface area contributed by atoms with Crippen molar-refractivity contribution in [1.82, 2.24) is 0 Å². The molecule has 0 atom stereocenters. The molecule has 25 heavy (non-hydrogen) atoms. The third-order valence-electron chi connectivity index (χ3n) is 3.57. The highest BCUT2D eigenvalue weighted by Crippen LogP contribution is 2.31. The van der Waals surface area contributed by atoms with Crippen LogP contribution in [0, 0.1) is 12.3 Å². The van der Waals surface area contributed by atoms with Gasteiger partial charge in [-0.2, -0.15) is 0 Å². The Labute approximate surface area is 150 Å². The highest BCUT2D eigenvalue weighted by molar-refractivity contribution is 7.97. The molecule has 3 heteroatoms. The van der Waals surface area contributed by atoms with E-state index in [9.17, 15) is 4.79 Å². The van der Waals surface area contributed by atoms with Crippen LogP contribution in [0.5, 0.6) is 0 Å². The van der Waals surface area contributed by atoms with Gasteiger partial charge >= 0.3 is 5.97 Å². The second kappa shape index (κ2) is 8.23. The van der Waals surface area contributed by atoms with Gasteiger partial charge in [-0.25, -0.2) is 4.79 Å². The van der Waals surface area contributed by atoms with Crippen molar-refractivity contribution in [2.24, 2.45) is 0 Å². The van der Waals surface area contributed by atoms with Crippen LogP contribution in [0.1, 0.15) is 10.4 Å². The van der Waals surface area contributed by atoms with E-state index in [1.807, 2.05) is 48.5 Å². The number of hydrogen-bond donors (Lipinski definition) is 0. The predicted octanol–water partition coefficient (Wildman–Crippen LogP) is 4.57. The summed E-state index contributed by atoms with van der Waals surface area (Å²) in [6.07, 6.45) is 5.12. The molecule has 0 aliphatic heterocycles. The summed E-state index contributed by atoms with van der Waals surface area (Å²) < 4.78 is 4.97. The van der Waals surface area contributed by atoms with Gasteiger partial charge in [0.25, 0.3) is 0 Å². The number of esters is 1. The lowest BCUT2D eigenvalue weighted by atomic mass is 10.2. The number of benzene rings is 3. The van der Waals surface area contributed by atoms with Crippen molar-refractivity contribution in [2.75, 3.05) is 6.61 Å². The van der Waals surface area contributed by atoms with E-state index in [-0.39, 0.29) is 17.5 Å². The Morgan fingerprint density at radius 3 is 1.76 bits per heavy atom. The number of ether oxygens (including phenoxy) is 1. The van der Waals surface area contributed by atoms with Crippen LogP contribution in [0.15, 0.2) is 99.6 Å². The van der Waals surface area contributed by atoms with Crippen molar-refractivity contribution >= 4 is 16.9 Å². The number of carbonyl (C=O) groups excluding carboxylic acids is 1. The zero-order valence-corrected chi connectivity index (χ0v) is 14.4. The highest BCUT2D eigenvalue weighted by Gasteiger charge is 2.28. The summed E-state index contributed by atoms with van der Waals surface area (Å²) in [5.41, 5.74) is 0.503. The molecule has 0 aromatic heterocycles. The van der Waals surface area contributed by atoms with Crippen LogP contribution >= 0.6 is 0 Å². The zero-order valence-electron chi connectivity index (χ0n) is 13.6. The lowest BCUT2D eigenvalue weighted by molar-refractivity contribution is 0.0556. The Bertz CT molecular complexity index is 826. The normalized spacial score (nSPS) is 10.2. The van der Waals surface area contributed by atoms with Gasteiger partial charge in [-0.3, -0.25) is 0 Å². The van der Waals surface area contributed by atoms with Crippen LogP contribution < -0.4 is 0 Å². The lowest BCUT2D eigenvalue weighted by Gasteiger charge is -2.08. The van der Waals surface area contributed by atoms with Crippen LogP contribution in [-0.2, 0) is 15.6 Å². The summed E-state index contributed by atoms with van der Waals surface area (Å²) in [4.78, 5) is 15.5. The molecule has 3 rings (SSSR count). The first-order chi connectivity index (χ1) is 12.3. The molecule has 2 nitrogen and oxygen atoms in total. The largest absolute Gasteiger partial charge is 0.449 e. The van der Waals surface area contributed by atoms with Gasteiger partial charge in [-0.05, 0) is 48.5 Å². The summed E-state index contributed by atoms with van der Waals surface area (Å²) in [6, 6.07) is 28.3. The molecule has 0 spiro atoms. The second-order valence-electron chi connectivity index (χ2n) is 5.24. The van der Waals surface area contributed by atoms with E-state index in [1.165, 1.54) is 9.79 Å². The quantitative estimate of drug-likeness (QED) is 0.385. The third kappa shape index (κ3) is 4.12. The average Bonchev–Trinajstić information content (AvgIpc) is 2.68. The first-order valence-electron chi connectivity index (χ1n) is 7.84. The minimum absolute atomic E-state index is 0.0149. The molecular formula is C22H17O2S+. The van der Waals surface area contributed by atoms with Gasteiger partial charge < -0.3 is 4.74 Å². The van der Waals surface area contributed by atoms with Crippen LogP contribution in [0.2, 0.25) is 0 Å². The maximum absolute atomic E-state index is 11.9. The maximum Gasteiger partial charge on any atom is 0.339 e. The van der Waals surface area contributed by atoms with Crippen molar-refractivity contribution in [3.05, 3.63) is 90.5 Å². The van der Waals surface area contributed by atoms with Gasteiger partial charge in [0.05, 0.1) is 16.5 Å². The van der Waals surface area contributed by atoms with Crippen molar-refractivity contribution in [3.8, 4) is 12.3 Å². The fourth-order valence-electron chi connectivity index (χ4n) is 2.44. The molecule has 3 aromatic rings. The third-order valence-corrected chi connectivity index (χ3v) is 5.80. The highest BCUT2D eigenvalue weighted by atomic mass is 32.2. The van der Waals surface area contributed by atoms with Gasteiger partial charge in [0.15, 0.2) is 21.3 Å². The summed E-state index contributed by atoms with van der Waals surface area (Å²) in [5.74, 6) is 1.90. The maximum atomic E-state index is 11.9. The van der Waals surface area contributed by atoms with Gasteiger partial charge in [0.2, 0.25) is 0 Å². The Balaban J connectivity index is 1.95. The van der Waals surface area contributed by atoms with E-state index < -0.39 is 5.97 Å². The van der Waals surface area contributed by atoms with E-state index in [0.717, 1.165) is 4.90 Å². The lowest BCUT2D eigenvalue weighted by Crippen LogP contribution is -2.07. The first kappa shape index (κ1) is 16.9. The number of carbonyl (C=O) groups is 1.